The monoisotopic (exact) mass is 291 g/mol. The van der Waals surface area contributed by atoms with Crippen LogP contribution in [0.25, 0.3) is 11.3 Å². The molecule has 1 aromatic carbocycles. The maximum absolute atomic E-state index is 11.5. The van der Waals surface area contributed by atoms with Gasteiger partial charge in [-0.25, -0.2) is 4.98 Å². The second-order valence-electron chi connectivity index (χ2n) is 4.27. The van der Waals surface area contributed by atoms with Crippen LogP contribution in [0.5, 0.6) is 5.75 Å². The highest BCUT2D eigenvalue weighted by atomic mass is 32.1. The molecule has 20 heavy (non-hydrogen) atoms. The van der Waals surface area contributed by atoms with Gasteiger partial charge in [-0.3, -0.25) is 4.79 Å². The number of carbonyl (C=O) groups is 1. The van der Waals surface area contributed by atoms with Crippen LogP contribution in [0.3, 0.4) is 0 Å². The van der Waals surface area contributed by atoms with E-state index in [0.717, 1.165) is 17.0 Å². The summed E-state index contributed by atoms with van der Waals surface area (Å²) in [5.74, 6) is 0.592. The number of nitrogens with zero attached hydrogens (tertiary/aromatic N) is 1. The number of benzene rings is 1. The number of thiazole rings is 1. The Morgan fingerprint density at radius 1 is 1.45 bits per heavy atom. The SMILES string of the molecule is CCOc1ccc(-c2csc(NC(=O)[C@H](C)N)n2)cc1. The lowest BCUT2D eigenvalue weighted by molar-refractivity contribution is -0.117. The molecule has 2 aromatic rings. The first kappa shape index (κ1) is 14.5. The molecule has 1 amide bonds. The third-order valence-corrected chi connectivity index (χ3v) is 3.37. The molecule has 0 bridgehead atoms. The van der Waals surface area contributed by atoms with E-state index in [1.54, 1.807) is 6.92 Å². The minimum atomic E-state index is -0.548. The standard InChI is InChI=1S/C14H17N3O2S/c1-3-19-11-6-4-10(5-7-11)12-8-20-14(16-12)17-13(18)9(2)15/h4-9H,3,15H2,1-2H3,(H,16,17,18)/t9-/m0/s1. The highest BCUT2D eigenvalue weighted by Gasteiger charge is 2.11. The van der Waals surface area contributed by atoms with Crippen molar-refractivity contribution in [2.45, 2.75) is 19.9 Å². The maximum atomic E-state index is 11.5. The summed E-state index contributed by atoms with van der Waals surface area (Å²) in [6.45, 7) is 4.22. The third-order valence-electron chi connectivity index (χ3n) is 2.61. The number of hydrogen-bond donors (Lipinski definition) is 2. The van der Waals surface area contributed by atoms with E-state index in [9.17, 15) is 4.79 Å². The van der Waals surface area contributed by atoms with Gasteiger partial charge in [-0.1, -0.05) is 0 Å². The quantitative estimate of drug-likeness (QED) is 0.887. The van der Waals surface area contributed by atoms with Crippen molar-refractivity contribution in [1.29, 1.82) is 0 Å². The number of nitrogens with two attached hydrogens (primary N) is 1. The number of nitrogens with one attached hydrogen (secondary N) is 1. The van der Waals surface area contributed by atoms with Crippen LogP contribution in [-0.2, 0) is 4.79 Å². The van der Waals surface area contributed by atoms with Gasteiger partial charge in [-0.05, 0) is 38.1 Å². The predicted octanol–water partition coefficient (Wildman–Crippen LogP) is 2.49. The molecule has 106 valence electrons. The molecular weight excluding hydrogens is 274 g/mol. The Kier molecular flexibility index (Phi) is 4.70. The lowest BCUT2D eigenvalue weighted by atomic mass is 10.2. The van der Waals surface area contributed by atoms with Crippen LogP contribution in [0, 0.1) is 0 Å². The zero-order valence-electron chi connectivity index (χ0n) is 11.4. The minimum Gasteiger partial charge on any atom is -0.494 e. The Labute approximate surface area is 121 Å². The molecule has 0 unspecified atom stereocenters. The number of carbonyl (C=O) groups excluding carboxylic acids is 1. The number of anilines is 1. The lowest BCUT2D eigenvalue weighted by Gasteiger charge is -2.04. The fourth-order valence-corrected chi connectivity index (χ4v) is 2.29. The van der Waals surface area contributed by atoms with E-state index in [-0.39, 0.29) is 5.91 Å². The Balaban J connectivity index is 2.10. The molecule has 0 saturated heterocycles. The van der Waals surface area contributed by atoms with Crippen LogP contribution >= 0.6 is 11.3 Å². The highest BCUT2D eigenvalue weighted by Crippen LogP contribution is 2.26. The molecule has 0 spiro atoms. The zero-order chi connectivity index (χ0) is 14.5. The largest absolute Gasteiger partial charge is 0.494 e. The zero-order valence-corrected chi connectivity index (χ0v) is 12.2. The Hall–Kier alpha value is -1.92. The molecule has 5 nitrogen and oxygen atoms in total. The fraction of sp³-hybridized carbons (Fsp3) is 0.286. The number of aromatic nitrogens is 1. The average molecular weight is 291 g/mol. The lowest BCUT2D eigenvalue weighted by Crippen LogP contribution is -2.32. The second kappa shape index (κ2) is 6.49. The Morgan fingerprint density at radius 3 is 2.75 bits per heavy atom. The molecule has 1 aromatic heterocycles. The van der Waals surface area contributed by atoms with E-state index in [2.05, 4.69) is 10.3 Å². The molecule has 0 fully saturated rings. The maximum Gasteiger partial charge on any atom is 0.242 e. The smallest absolute Gasteiger partial charge is 0.242 e. The average Bonchev–Trinajstić information content (AvgIpc) is 2.88. The van der Waals surface area contributed by atoms with Gasteiger partial charge in [0.1, 0.15) is 5.75 Å². The van der Waals surface area contributed by atoms with Crippen molar-refractivity contribution in [3.8, 4) is 17.0 Å². The predicted molar refractivity (Wildman–Crippen MR) is 81.0 cm³/mol. The molecule has 0 aliphatic rings. The van der Waals surface area contributed by atoms with Gasteiger partial charge >= 0.3 is 0 Å². The van der Waals surface area contributed by atoms with Crippen LogP contribution < -0.4 is 15.8 Å². The van der Waals surface area contributed by atoms with Crippen molar-refractivity contribution >= 4 is 22.4 Å². The summed E-state index contributed by atoms with van der Waals surface area (Å²) in [6.07, 6.45) is 0. The summed E-state index contributed by atoms with van der Waals surface area (Å²) in [5.41, 5.74) is 7.29. The molecule has 0 aliphatic carbocycles. The van der Waals surface area contributed by atoms with Crippen molar-refractivity contribution in [1.82, 2.24) is 4.98 Å². The van der Waals surface area contributed by atoms with Crippen LogP contribution in [0.15, 0.2) is 29.6 Å². The van der Waals surface area contributed by atoms with Gasteiger partial charge in [-0.15, -0.1) is 11.3 Å². The van der Waals surface area contributed by atoms with E-state index in [0.29, 0.717) is 11.7 Å². The summed E-state index contributed by atoms with van der Waals surface area (Å²) in [7, 11) is 0. The first-order valence-electron chi connectivity index (χ1n) is 6.35. The van der Waals surface area contributed by atoms with Gasteiger partial charge < -0.3 is 15.8 Å². The van der Waals surface area contributed by atoms with Gasteiger partial charge in [0.2, 0.25) is 5.91 Å². The number of ether oxygens (including phenoxy) is 1. The molecule has 0 aliphatic heterocycles. The van der Waals surface area contributed by atoms with Gasteiger partial charge in [0.25, 0.3) is 0 Å². The second-order valence-corrected chi connectivity index (χ2v) is 5.13. The van der Waals surface area contributed by atoms with Gasteiger partial charge in [-0.2, -0.15) is 0 Å². The third kappa shape index (κ3) is 3.55. The van der Waals surface area contributed by atoms with Gasteiger partial charge in [0, 0.05) is 10.9 Å². The molecule has 3 N–H and O–H groups in total. The van der Waals surface area contributed by atoms with E-state index >= 15 is 0 Å². The van der Waals surface area contributed by atoms with E-state index in [4.69, 9.17) is 10.5 Å². The summed E-state index contributed by atoms with van der Waals surface area (Å²) in [4.78, 5) is 15.9. The topological polar surface area (TPSA) is 77.2 Å². The Bertz CT molecular complexity index is 578. The molecular formula is C14H17N3O2S. The van der Waals surface area contributed by atoms with Gasteiger partial charge in [0.05, 0.1) is 18.3 Å². The van der Waals surface area contributed by atoms with Gasteiger partial charge in [0.15, 0.2) is 5.13 Å². The highest BCUT2D eigenvalue weighted by molar-refractivity contribution is 7.14. The van der Waals surface area contributed by atoms with Crippen molar-refractivity contribution < 1.29 is 9.53 Å². The molecule has 0 saturated carbocycles. The normalized spacial score (nSPS) is 11.9. The van der Waals surface area contributed by atoms with E-state index in [1.165, 1.54) is 11.3 Å². The summed E-state index contributed by atoms with van der Waals surface area (Å²) in [6, 6.07) is 7.14. The summed E-state index contributed by atoms with van der Waals surface area (Å²) >= 11 is 1.37. The van der Waals surface area contributed by atoms with Crippen molar-refractivity contribution in [3.63, 3.8) is 0 Å². The van der Waals surface area contributed by atoms with Crippen LogP contribution in [-0.4, -0.2) is 23.5 Å². The van der Waals surface area contributed by atoms with E-state index < -0.39 is 6.04 Å². The van der Waals surface area contributed by atoms with Crippen LogP contribution in [0.2, 0.25) is 0 Å². The van der Waals surface area contributed by atoms with Crippen LogP contribution in [0.4, 0.5) is 5.13 Å². The number of hydrogen-bond acceptors (Lipinski definition) is 5. The fourth-order valence-electron chi connectivity index (χ4n) is 1.57. The Morgan fingerprint density at radius 2 is 2.15 bits per heavy atom. The molecule has 1 atom stereocenters. The molecule has 2 rings (SSSR count). The van der Waals surface area contributed by atoms with Crippen molar-refractivity contribution in [2.24, 2.45) is 5.73 Å². The number of amides is 1. The molecule has 1 heterocycles. The summed E-state index contributed by atoms with van der Waals surface area (Å²) in [5, 5.41) is 5.13. The molecule has 0 radical (unpaired) electrons. The minimum absolute atomic E-state index is 0.238. The van der Waals surface area contributed by atoms with E-state index in [1.807, 2.05) is 36.6 Å². The first-order valence-corrected chi connectivity index (χ1v) is 7.23. The summed E-state index contributed by atoms with van der Waals surface area (Å²) < 4.78 is 5.39. The number of rotatable bonds is 5. The van der Waals surface area contributed by atoms with Crippen molar-refractivity contribution in [2.75, 3.05) is 11.9 Å². The van der Waals surface area contributed by atoms with Crippen LogP contribution in [0.1, 0.15) is 13.8 Å². The first-order chi connectivity index (χ1) is 9.60. The van der Waals surface area contributed by atoms with Crippen molar-refractivity contribution in [3.05, 3.63) is 29.6 Å². The molecule has 6 heteroatoms.